The second-order valence-corrected chi connectivity index (χ2v) is 9.11. The van der Waals surface area contributed by atoms with Crippen LogP contribution in [0.5, 0.6) is 0 Å². The summed E-state index contributed by atoms with van der Waals surface area (Å²) in [6.07, 6.45) is 7.16. The van der Waals surface area contributed by atoms with Crippen LogP contribution in [0.3, 0.4) is 0 Å². The number of cyclic esters (lactones) is 1. The van der Waals surface area contributed by atoms with Crippen LogP contribution >= 0.6 is 0 Å². The number of aliphatic hydroxyl groups is 1. The van der Waals surface area contributed by atoms with Crippen LogP contribution in [0.15, 0.2) is 41.6 Å². The molecule has 3 aliphatic heterocycles. The summed E-state index contributed by atoms with van der Waals surface area (Å²) >= 11 is 0. The van der Waals surface area contributed by atoms with E-state index in [0.717, 1.165) is 31.6 Å². The number of hydrazone groups is 1. The zero-order valence-electron chi connectivity index (χ0n) is 19.1. The highest BCUT2D eigenvalue weighted by Crippen LogP contribution is 2.29. The number of aromatic nitrogens is 1. The number of likely N-dealkylation sites (tertiary alicyclic amines) is 1. The zero-order chi connectivity index (χ0) is 23.5. The maximum Gasteiger partial charge on any atom is 0.414 e. The molecule has 5 rings (SSSR count). The van der Waals surface area contributed by atoms with Gasteiger partial charge in [0.2, 0.25) is 0 Å². The fourth-order valence-corrected chi connectivity index (χ4v) is 4.95. The topological polar surface area (TPSA) is 81.5 Å². The summed E-state index contributed by atoms with van der Waals surface area (Å²) < 4.78 is 19.9. The van der Waals surface area contributed by atoms with Crippen LogP contribution in [0.1, 0.15) is 31.4 Å². The second-order valence-electron chi connectivity index (χ2n) is 9.11. The highest BCUT2D eigenvalue weighted by molar-refractivity contribution is 5.90. The molecule has 0 radical (unpaired) electrons. The number of carbonyl (C=O) groups is 1. The van der Waals surface area contributed by atoms with Crippen LogP contribution in [0.25, 0.3) is 11.1 Å². The maximum absolute atomic E-state index is 14.8. The lowest BCUT2D eigenvalue weighted by atomic mass is 10.1. The minimum Gasteiger partial charge on any atom is -0.441 e. The lowest BCUT2D eigenvalue weighted by Gasteiger charge is -2.35. The van der Waals surface area contributed by atoms with Crippen molar-refractivity contribution >= 4 is 18.0 Å². The van der Waals surface area contributed by atoms with Gasteiger partial charge in [-0.3, -0.25) is 14.9 Å². The Hall–Kier alpha value is -3.04. The van der Waals surface area contributed by atoms with Crippen molar-refractivity contribution in [3.05, 3.63) is 48.0 Å². The van der Waals surface area contributed by atoms with Crippen molar-refractivity contribution in [2.75, 3.05) is 44.2 Å². The Morgan fingerprint density at radius 3 is 2.59 bits per heavy atom. The van der Waals surface area contributed by atoms with E-state index < -0.39 is 18.0 Å². The maximum atomic E-state index is 14.8. The number of aliphatic hydroxyl groups excluding tert-OH is 1. The van der Waals surface area contributed by atoms with Gasteiger partial charge in [-0.25, -0.2) is 9.18 Å². The Morgan fingerprint density at radius 1 is 1.15 bits per heavy atom. The van der Waals surface area contributed by atoms with Gasteiger partial charge in [0.05, 0.1) is 30.7 Å². The van der Waals surface area contributed by atoms with Gasteiger partial charge < -0.3 is 14.7 Å². The van der Waals surface area contributed by atoms with Gasteiger partial charge in [0.25, 0.3) is 0 Å². The minimum absolute atomic E-state index is 0.194. The van der Waals surface area contributed by atoms with Gasteiger partial charge >= 0.3 is 6.09 Å². The van der Waals surface area contributed by atoms with Crippen molar-refractivity contribution in [2.24, 2.45) is 5.10 Å². The quantitative estimate of drug-likeness (QED) is 0.658. The summed E-state index contributed by atoms with van der Waals surface area (Å²) in [6.45, 7) is 4.32. The van der Waals surface area contributed by atoms with E-state index in [0.29, 0.717) is 22.9 Å². The highest BCUT2D eigenvalue weighted by atomic mass is 19.1. The summed E-state index contributed by atoms with van der Waals surface area (Å²) in [5.41, 5.74) is 2.16. The number of carbonyl (C=O) groups excluding carboxylic acids is 1. The summed E-state index contributed by atoms with van der Waals surface area (Å²) in [5.74, 6) is -0.457. The van der Waals surface area contributed by atoms with Gasteiger partial charge in [-0.05, 0) is 63.0 Å². The molecule has 34 heavy (non-hydrogen) atoms. The van der Waals surface area contributed by atoms with Gasteiger partial charge in [-0.1, -0.05) is 6.07 Å². The molecule has 1 aromatic heterocycles. The zero-order valence-corrected chi connectivity index (χ0v) is 19.1. The van der Waals surface area contributed by atoms with E-state index in [1.165, 1.54) is 36.9 Å². The summed E-state index contributed by atoms with van der Waals surface area (Å²) in [6, 6.07) is 8.93. The first-order valence-electron chi connectivity index (χ1n) is 12.0. The van der Waals surface area contributed by atoms with Gasteiger partial charge in [0, 0.05) is 36.5 Å². The van der Waals surface area contributed by atoms with Crippen molar-refractivity contribution in [1.29, 1.82) is 0 Å². The standard InChI is InChI=1S/C25H30FN5O3/c26-24-13-21(31-16-22(17-32)34-25(31)33)5-6-23(24)18-3-4-19(27-14-18)15-28-30-11-7-20(8-12-30)29-9-1-2-10-29/h3-6,13-15,20,22,32H,1-2,7-12,16-17H2/b28-15+/t22-/m1/s1. The van der Waals surface area contributed by atoms with Crippen LogP contribution in [-0.2, 0) is 4.74 Å². The number of hydrogen-bond donors (Lipinski definition) is 1. The number of rotatable bonds is 6. The van der Waals surface area contributed by atoms with Crippen LogP contribution < -0.4 is 4.90 Å². The predicted molar refractivity (Wildman–Crippen MR) is 127 cm³/mol. The molecule has 180 valence electrons. The molecule has 0 bridgehead atoms. The normalized spacial score (nSPS) is 22.2. The van der Waals surface area contributed by atoms with E-state index >= 15 is 0 Å². The molecule has 3 fully saturated rings. The third-order valence-corrected chi connectivity index (χ3v) is 6.89. The Labute approximate surface area is 198 Å². The van der Waals surface area contributed by atoms with Crippen LogP contribution in [0, 0.1) is 5.82 Å². The summed E-state index contributed by atoms with van der Waals surface area (Å²) in [5, 5.41) is 15.9. The first kappa shape index (κ1) is 22.7. The molecule has 0 saturated carbocycles. The lowest BCUT2D eigenvalue weighted by Crippen LogP contribution is -2.42. The number of ether oxygens (including phenoxy) is 1. The molecule has 0 aliphatic carbocycles. The highest BCUT2D eigenvalue weighted by Gasteiger charge is 2.32. The van der Waals surface area contributed by atoms with Crippen molar-refractivity contribution in [1.82, 2.24) is 14.9 Å². The molecule has 8 nitrogen and oxygen atoms in total. The summed E-state index contributed by atoms with van der Waals surface area (Å²) in [4.78, 5) is 20.3. The molecule has 1 aromatic carbocycles. The molecular weight excluding hydrogens is 437 g/mol. The van der Waals surface area contributed by atoms with Crippen molar-refractivity contribution < 1.29 is 19.0 Å². The van der Waals surface area contributed by atoms with Crippen LogP contribution in [0.4, 0.5) is 14.9 Å². The average molecular weight is 468 g/mol. The van der Waals surface area contributed by atoms with Gasteiger partial charge in [0.1, 0.15) is 11.9 Å². The largest absolute Gasteiger partial charge is 0.441 e. The minimum atomic E-state index is -0.593. The molecule has 1 N–H and O–H groups in total. The third kappa shape index (κ3) is 4.90. The molecule has 3 saturated heterocycles. The fourth-order valence-electron chi connectivity index (χ4n) is 4.95. The van der Waals surface area contributed by atoms with Crippen LogP contribution in [-0.4, -0.2) is 83.8 Å². The first-order valence-corrected chi connectivity index (χ1v) is 12.0. The van der Waals surface area contributed by atoms with Crippen molar-refractivity contribution in [3.63, 3.8) is 0 Å². The average Bonchev–Trinajstić information content (AvgIpc) is 3.53. The number of piperidine rings is 1. The van der Waals surface area contributed by atoms with Gasteiger partial charge in [-0.15, -0.1) is 0 Å². The van der Waals surface area contributed by atoms with E-state index in [9.17, 15) is 14.3 Å². The molecule has 0 spiro atoms. The van der Waals surface area contributed by atoms with Crippen molar-refractivity contribution in [2.45, 2.75) is 37.8 Å². The van der Waals surface area contributed by atoms with E-state index in [1.807, 2.05) is 12.1 Å². The van der Waals surface area contributed by atoms with Crippen molar-refractivity contribution in [3.8, 4) is 11.1 Å². The monoisotopic (exact) mass is 467 g/mol. The van der Waals surface area contributed by atoms with E-state index in [-0.39, 0.29) is 13.2 Å². The lowest BCUT2D eigenvalue weighted by molar-refractivity contribution is 0.0963. The predicted octanol–water partition coefficient (Wildman–Crippen LogP) is 3.10. The molecule has 1 amide bonds. The Balaban J connectivity index is 1.19. The molecular formula is C25H30FN5O3. The Morgan fingerprint density at radius 2 is 1.94 bits per heavy atom. The van der Waals surface area contributed by atoms with E-state index in [4.69, 9.17) is 4.74 Å². The van der Waals surface area contributed by atoms with E-state index in [2.05, 4.69) is 20.0 Å². The summed E-state index contributed by atoms with van der Waals surface area (Å²) in [7, 11) is 0. The Bertz CT molecular complexity index is 1030. The molecule has 1 atom stereocenters. The van der Waals surface area contributed by atoms with Gasteiger partial charge in [-0.2, -0.15) is 5.10 Å². The third-order valence-electron chi connectivity index (χ3n) is 6.89. The van der Waals surface area contributed by atoms with E-state index in [1.54, 1.807) is 24.5 Å². The van der Waals surface area contributed by atoms with Gasteiger partial charge in [0.15, 0.2) is 0 Å². The number of hydrogen-bond acceptors (Lipinski definition) is 7. The number of halogens is 1. The molecule has 4 heterocycles. The second kappa shape index (κ2) is 10.1. The van der Waals surface area contributed by atoms with Crippen LogP contribution in [0.2, 0.25) is 0 Å². The number of nitrogens with zero attached hydrogens (tertiary/aromatic N) is 5. The SMILES string of the molecule is O=C1O[C@@H](CO)CN1c1ccc(-c2ccc(/C=N/N3CCC(N4CCCC4)CC3)nc2)c(F)c1. The number of pyridine rings is 1. The fraction of sp³-hybridized carbons (Fsp3) is 0.480. The first-order chi connectivity index (χ1) is 16.6. The number of benzene rings is 1. The molecule has 2 aromatic rings. The number of anilines is 1. The molecule has 9 heteroatoms. The molecule has 0 unspecified atom stereocenters. The smallest absolute Gasteiger partial charge is 0.414 e. The number of amides is 1. The molecule has 3 aliphatic rings. The Kier molecular flexibility index (Phi) is 6.73.